The molecule has 0 aromatic heterocycles. The van der Waals surface area contributed by atoms with E-state index >= 15 is 0 Å². The highest BCUT2D eigenvalue weighted by Crippen LogP contribution is 2.30. The van der Waals surface area contributed by atoms with Gasteiger partial charge in [0.05, 0.1) is 6.54 Å². The van der Waals surface area contributed by atoms with Gasteiger partial charge < -0.3 is 19.5 Å². The first-order chi connectivity index (χ1) is 13.8. The quantitative estimate of drug-likeness (QED) is 0.711. The van der Waals surface area contributed by atoms with Crippen LogP contribution < -0.4 is 19.5 Å². The van der Waals surface area contributed by atoms with E-state index in [0.717, 1.165) is 17.1 Å². The van der Waals surface area contributed by atoms with Crippen LogP contribution in [0.15, 0.2) is 78.9 Å². The molecule has 0 fully saturated rings. The highest BCUT2D eigenvalue weighted by molar-refractivity contribution is 5.95. The van der Waals surface area contributed by atoms with Gasteiger partial charge in [-0.2, -0.15) is 0 Å². The van der Waals surface area contributed by atoms with E-state index in [-0.39, 0.29) is 12.0 Å². The molecule has 4 rings (SSSR count). The van der Waals surface area contributed by atoms with Crippen LogP contribution in [0.1, 0.15) is 15.9 Å². The van der Waals surface area contributed by atoms with Crippen molar-refractivity contribution in [2.45, 2.75) is 12.7 Å². The lowest BCUT2D eigenvalue weighted by molar-refractivity contribution is 0.0788. The first-order valence-corrected chi connectivity index (χ1v) is 9.22. The second-order valence-electron chi connectivity index (χ2n) is 6.47. The minimum Gasteiger partial charge on any atom is -0.489 e. The van der Waals surface area contributed by atoms with Crippen molar-refractivity contribution in [3.63, 3.8) is 0 Å². The number of ether oxygens (including phenoxy) is 3. The molecular formula is C23H21NO4. The Hall–Kier alpha value is -3.47. The van der Waals surface area contributed by atoms with Crippen molar-refractivity contribution >= 4 is 5.91 Å². The molecule has 1 N–H and O–H groups in total. The summed E-state index contributed by atoms with van der Waals surface area (Å²) < 4.78 is 17.4. The van der Waals surface area contributed by atoms with E-state index in [4.69, 9.17) is 14.2 Å². The molecule has 0 saturated heterocycles. The molecule has 28 heavy (non-hydrogen) atoms. The molecule has 1 aliphatic heterocycles. The van der Waals surface area contributed by atoms with Crippen molar-refractivity contribution in [1.29, 1.82) is 0 Å². The van der Waals surface area contributed by atoms with Crippen molar-refractivity contribution in [3.8, 4) is 17.2 Å². The van der Waals surface area contributed by atoms with Gasteiger partial charge >= 0.3 is 0 Å². The van der Waals surface area contributed by atoms with Gasteiger partial charge in [-0.1, -0.05) is 48.5 Å². The van der Waals surface area contributed by atoms with Gasteiger partial charge in [-0.3, -0.25) is 4.79 Å². The molecule has 1 aliphatic rings. The molecule has 1 amide bonds. The van der Waals surface area contributed by atoms with Crippen molar-refractivity contribution in [2.75, 3.05) is 13.2 Å². The van der Waals surface area contributed by atoms with Gasteiger partial charge in [0, 0.05) is 11.1 Å². The maximum absolute atomic E-state index is 12.7. The number of nitrogens with one attached hydrogen (secondary N) is 1. The summed E-state index contributed by atoms with van der Waals surface area (Å²) in [6.07, 6.45) is -0.230. The summed E-state index contributed by atoms with van der Waals surface area (Å²) in [7, 11) is 0. The Labute approximate surface area is 163 Å². The van der Waals surface area contributed by atoms with Crippen molar-refractivity contribution in [1.82, 2.24) is 5.32 Å². The zero-order valence-corrected chi connectivity index (χ0v) is 15.3. The molecule has 5 heteroatoms. The smallest absolute Gasteiger partial charge is 0.251 e. The van der Waals surface area contributed by atoms with Crippen LogP contribution in [0.3, 0.4) is 0 Å². The Morgan fingerprint density at radius 2 is 1.64 bits per heavy atom. The molecule has 1 unspecified atom stereocenters. The average Bonchev–Trinajstić information content (AvgIpc) is 2.77. The van der Waals surface area contributed by atoms with E-state index in [1.54, 1.807) is 6.07 Å². The van der Waals surface area contributed by atoms with Gasteiger partial charge in [0.2, 0.25) is 0 Å². The van der Waals surface area contributed by atoms with Crippen molar-refractivity contribution in [2.24, 2.45) is 0 Å². The maximum atomic E-state index is 12.7. The van der Waals surface area contributed by atoms with Gasteiger partial charge in [0.25, 0.3) is 5.91 Å². The fraction of sp³-hybridized carbons (Fsp3) is 0.174. The summed E-state index contributed by atoms with van der Waals surface area (Å²) in [6.45, 7) is 1.08. The Kier molecular flexibility index (Phi) is 5.43. The second-order valence-corrected chi connectivity index (χ2v) is 6.47. The molecule has 142 valence electrons. The number of fused-ring (bicyclic) bond motifs is 1. The molecule has 3 aromatic carbocycles. The van der Waals surface area contributed by atoms with Crippen LogP contribution in [-0.2, 0) is 6.61 Å². The third-order valence-corrected chi connectivity index (χ3v) is 4.46. The van der Waals surface area contributed by atoms with Crippen LogP contribution in [0.25, 0.3) is 0 Å². The number of para-hydroxylation sites is 3. The van der Waals surface area contributed by atoms with E-state index in [1.165, 1.54) is 0 Å². The topological polar surface area (TPSA) is 56.8 Å². The molecule has 3 aromatic rings. The first-order valence-electron chi connectivity index (χ1n) is 9.22. The normalized spacial score (nSPS) is 14.9. The van der Waals surface area contributed by atoms with Gasteiger partial charge in [-0.15, -0.1) is 0 Å². The fourth-order valence-corrected chi connectivity index (χ4v) is 3.01. The Balaban J connectivity index is 1.36. The molecular weight excluding hydrogens is 354 g/mol. The van der Waals surface area contributed by atoms with Crippen LogP contribution in [0.4, 0.5) is 0 Å². The highest BCUT2D eigenvalue weighted by Gasteiger charge is 2.21. The number of hydrogen-bond acceptors (Lipinski definition) is 4. The number of carbonyl (C=O) groups excluding carboxylic acids is 1. The van der Waals surface area contributed by atoms with Crippen LogP contribution in [-0.4, -0.2) is 25.2 Å². The summed E-state index contributed by atoms with van der Waals surface area (Å²) in [6, 6.07) is 24.5. The second kappa shape index (κ2) is 8.48. The minimum absolute atomic E-state index is 0.158. The highest BCUT2D eigenvalue weighted by atomic mass is 16.6. The molecule has 0 radical (unpaired) electrons. The maximum Gasteiger partial charge on any atom is 0.251 e. The third-order valence-electron chi connectivity index (χ3n) is 4.46. The predicted molar refractivity (Wildman–Crippen MR) is 106 cm³/mol. The lowest BCUT2D eigenvalue weighted by Gasteiger charge is -2.26. The molecule has 5 nitrogen and oxygen atoms in total. The van der Waals surface area contributed by atoms with Gasteiger partial charge in [-0.05, 0) is 30.3 Å². The van der Waals surface area contributed by atoms with E-state index < -0.39 is 0 Å². The summed E-state index contributed by atoms with van der Waals surface area (Å²) in [5.74, 6) is 2.04. The molecule has 1 atom stereocenters. The fourth-order valence-electron chi connectivity index (χ4n) is 3.01. The SMILES string of the molecule is O=C(NCC1COc2ccccc2O1)c1ccccc1COc1ccccc1. The average molecular weight is 375 g/mol. The molecule has 0 saturated carbocycles. The van der Waals surface area contributed by atoms with E-state index in [1.807, 2.05) is 72.8 Å². The Morgan fingerprint density at radius 3 is 2.50 bits per heavy atom. The number of carbonyl (C=O) groups is 1. The summed E-state index contributed by atoms with van der Waals surface area (Å²) in [5, 5.41) is 2.94. The van der Waals surface area contributed by atoms with Crippen LogP contribution in [0.2, 0.25) is 0 Å². The first kappa shape index (κ1) is 17.9. The van der Waals surface area contributed by atoms with Crippen LogP contribution in [0.5, 0.6) is 17.2 Å². The monoisotopic (exact) mass is 375 g/mol. The number of amides is 1. The van der Waals surface area contributed by atoms with E-state index in [0.29, 0.717) is 31.1 Å². The number of hydrogen-bond donors (Lipinski definition) is 1. The number of benzene rings is 3. The molecule has 0 bridgehead atoms. The summed E-state index contributed by atoms with van der Waals surface area (Å²) in [5.41, 5.74) is 1.42. The van der Waals surface area contributed by atoms with Crippen molar-refractivity contribution in [3.05, 3.63) is 90.0 Å². The lowest BCUT2D eigenvalue weighted by atomic mass is 10.1. The lowest BCUT2D eigenvalue weighted by Crippen LogP contribution is -2.41. The van der Waals surface area contributed by atoms with Crippen LogP contribution in [0, 0.1) is 0 Å². The summed E-state index contributed by atoms with van der Waals surface area (Å²) >= 11 is 0. The van der Waals surface area contributed by atoms with E-state index in [2.05, 4.69) is 5.32 Å². The minimum atomic E-state index is -0.230. The molecule has 1 heterocycles. The zero-order chi connectivity index (χ0) is 19.2. The molecule has 0 aliphatic carbocycles. The van der Waals surface area contributed by atoms with Gasteiger partial charge in [0.15, 0.2) is 11.5 Å². The predicted octanol–water partition coefficient (Wildman–Crippen LogP) is 3.84. The largest absolute Gasteiger partial charge is 0.489 e. The Bertz CT molecular complexity index is 942. The molecule has 0 spiro atoms. The number of rotatable bonds is 6. The van der Waals surface area contributed by atoms with E-state index in [9.17, 15) is 4.79 Å². The van der Waals surface area contributed by atoms with Gasteiger partial charge in [-0.25, -0.2) is 0 Å². The van der Waals surface area contributed by atoms with Gasteiger partial charge in [0.1, 0.15) is 25.1 Å². The van der Waals surface area contributed by atoms with Crippen LogP contribution >= 0.6 is 0 Å². The standard InChI is InChI=1S/C23H21NO4/c25-23(24-14-19-16-27-21-12-6-7-13-22(21)28-19)20-11-5-4-8-17(20)15-26-18-9-2-1-3-10-18/h1-13,19H,14-16H2,(H,24,25). The third kappa shape index (κ3) is 4.26. The zero-order valence-electron chi connectivity index (χ0n) is 15.3. The van der Waals surface area contributed by atoms with Crippen molar-refractivity contribution < 1.29 is 19.0 Å². The summed E-state index contributed by atoms with van der Waals surface area (Å²) in [4.78, 5) is 12.7. The Morgan fingerprint density at radius 1 is 0.929 bits per heavy atom.